The summed E-state index contributed by atoms with van der Waals surface area (Å²) in [6, 6.07) is 0. The molecule has 1 atom stereocenters. The molecular formula is C13H23BrFN. The van der Waals surface area contributed by atoms with Gasteiger partial charge in [-0.05, 0) is 51.8 Å². The van der Waals surface area contributed by atoms with Gasteiger partial charge in [0, 0.05) is 4.48 Å². The van der Waals surface area contributed by atoms with Crippen LogP contribution in [-0.2, 0) is 0 Å². The number of hydrogen-bond donors (Lipinski definition) is 1. The summed E-state index contributed by atoms with van der Waals surface area (Å²) < 4.78 is 14.2. The Morgan fingerprint density at radius 1 is 1.44 bits per heavy atom. The molecule has 0 radical (unpaired) electrons. The molecular weight excluding hydrogens is 269 g/mol. The summed E-state index contributed by atoms with van der Waals surface area (Å²) in [6.07, 6.45) is 7.14. The first-order chi connectivity index (χ1) is 7.63. The molecule has 0 saturated carbocycles. The van der Waals surface area contributed by atoms with Crippen LogP contribution in [0.25, 0.3) is 0 Å². The van der Waals surface area contributed by atoms with E-state index in [1.165, 1.54) is 0 Å². The Kier molecular flexibility index (Phi) is 9.94. The summed E-state index contributed by atoms with van der Waals surface area (Å²) in [5, 5.41) is 3.14. The van der Waals surface area contributed by atoms with Gasteiger partial charge in [-0.25, -0.2) is 4.39 Å². The Bertz CT molecular complexity index is 236. The van der Waals surface area contributed by atoms with Crippen molar-refractivity contribution in [2.24, 2.45) is 5.92 Å². The molecule has 1 nitrogen and oxygen atoms in total. The van der Waals surface area contributed by atoms with E-state index in [9.17, 15) is 4.39 Å². The first-order valence-electron chi connectivity index (χ1n) is 5.96. The largest absolute Gasteiger partial charge is 0.320 e. The Labute approximate surface area is 107 Å². The molecule has 0 bridgehead atoms. The van der Waals surface area contributed by atoms with Crippen LogP contribution in [0.4, 0.5) is 4.39 Å². The smallest absolute Gasteiger partial charge is 0.101 e. The molecule has 0 saturated heterocycles. The van der Waals surface area contributed by atoms with Gasteiger partial charge in [0.2, 0.25) is 0 Å². The second-order valence-corrected chi connectivity index (χ2v) is 4.89. The van der Waals surface area contributed by atoms with Gasteiger partial charge in [0.25, 0.3) is 0 Å². The maximum atomic E-state index is 13.4. The molecule has 0 rings (SSSR count). The molecule has 16 heavy (non-hydrogen) atoms. The molecule has 0 aromatic carbocycles. The molecule has 0 aliphatic rings. The van der Waals surface area contributed by atoms with Crippen LogP contribution in [0, 0.1) is 5.92 Å². The Morgan fingerprint density at radius 3 is 2.62 bits per heavy atom. The number of hydrogen-bond acceptors (Lipinski definition) is 1. The minimum Gasteiger partial charge on any atom is -0.320 e. The van der Waals surface area contributed by atoms with Crippen LogP contribution in [0.2, 0.25) is 0 Å². The molecule has 3 heteroatoms. The van der Waals surface area contributed by atoms with Crippen LogP contribution >= 0.6 is 15.9 Å². The van der Waals surface area contributed by atoms with Crippen molar-refractivity contribution in [3.63, 3.8) is 0 Å². The topological polar surface area (TPSA) is 12.0 Å². The molecule has 0 fully saturated rings. The fourth-order valence-corrected chi connectivity index (χ4v) is 1.80. The average molecular weight is 292 g/mol. The van der Waals surface area contributed by atoms with Crippen LogP contribution in [0.15, 0.2) is 22.5 Å². The van der Waals surface area contributed by atoms with E-state index in [1.54, 1.807) is 6.08 Å². The standard InChI is InChI=1S/C13H23BrFN/c1-4-11(8-9-16-3)6-7-13(15)10-12(14)5-2/h5,10-11,16H,4,6-9H2,1-3H3/b12-5+,13-10+. The third kappa shape index (κ3) is 8.05. The number of rotatable bonds is 8. The molecule has 94 valence electrons. The van der Waals surface area contributed by atoms with E-state index in [4.69, 9.17) is 0 Å². The third-order valence-corrected chi connectivity index (χ3v) is 3.43. The Balaban J connectivity index is 3.96. The predicted molar refractivity (Wildman–Crippen MR) is 73.4 cm³/mol. The summed E-state index contributed by atoms with van der Waals surface area (Å²) >= 11 is 3.28. The zero-order chi connectivity index (χ0) is 12.4. The van der Waals surface area contributed by atoms with Crippen LogP contribution in [-0.4, -0.2) is 13.6 Å². The lowest BCUT2D eigenvalue weighted by Crippen LogP contribution is -2.12. The van der Waals surface area contributed by atoms with Crippen LogP contribution < -0.4 is 5.32 Å². The van der Waals surface area contributed by atoms with Gasteiger partial charge in [0.05, 0.1) is 0 Å². The van der Waals surface area contributed by atoms with Crippen molar-refractivity contribution in [2.75, 3.05) is 13.6 Å². The quantitative estimate of drug-likeness (QED) is 0.647. The molecule has 0 aliphatic carbocycles. The van der Waals surface area contributed by atoms with E-state index in [1.807, 2.05) is 20.0 Å². The normalized spacial score (nSPS) is 15.3. The van der Waals surface area contributed by atoms with Crippen molar-refractivity contribution in [1.82, 2.24) is 5.32 Å². The molecule has 0 aliphatic heterocycles. The van der Waals surface area contributed by atoms with Gasteiger partial charge in [-0.15, -0.1) is 0 Å². The first-order valence-corrected chi connectivity index (χ1v) is 6.75. The summed E-state index contributed by atoms with van der Waals surface area (Å²) in [5.41, 5.74) is 0. The second kappa shape index (κ2) is 10.0. The van der Waals surface area contributed by atoms with Crippen molar-refractivity contribution >= 4 is 15.9 Å². The van der Waals surface area contributed by atoms with Gasteiger partial charge in [0.15, 0.2) is 0 Å². The van der Waals surface area contributed by atoms with Crippen molar-refractivity contribution in [1.29, 1.82) is 0 Å². The Morgan fingerprint density at radius 2 is 2.12 bits per heavy atom. The maximum absolute atomic E-state index is 13.4. The number of halogens is 2. The van der Waals surface area contributed by atoms with Crippen LogP contribution in [0.1, 0.15) is 39.5 Å². The highest BCUT2D eigenvalue weighted by molar-refractivity contribution is 9.11. The van der Waals surface area contributed by atoms with E-state index in [2.05, 4.69) is 28.2 Å². The summed E-state index contributed by atoms with van der Waals surface area (Å²) in [5.74, 6) is 0.587. The first kappa shape index (κ1) is 15.9. The maximum Gasteiger partial charge on any atom is 0.101 e. The van der Waals surface area contributed by atoms with Gasteiger partial charge in [-0.3, -0.25) is 0 Å². The highest BCUT2D eigenvalue weighted by Gasteiger charge is 2.07. The molecule has 1 N–H and O–H groups in total. The predicted octanol–water partition coefficient (Wildman–Crippen LogP) is 4.55. The van der Waals surface area contributed by atoms with Gasteiger partial charge in [-0.2, -0.15) is 0 Å². The van der Waals surface area contributed by atoms with Crippen molar-refractivity contribution < 1.29 is 4.39 Å². The van der Waals surface area contributed by atoms with Gasteiger partial charge < -0.3 is 5.32 Å². The van der Waals surface area contributed by atoms with Crippen LogP contribution in [0.5, 0.6) is 0 Å². The van der Waals surface area contributed by atoms with E-state index < -0.39 is 0 Å². The zero-order valence-corrected chi connectivity index (χ0v) is 12.1. The van der Waals surface area contributed by atoms with Gasteiger partial charge in [-0.1, -0.05) is 35.4 Å². The molecule has 0 aromatic heterocycles. The second-order valence-electron chi connectivity index (χ2n) is 3.97. The lowest BCUT2D eigenvalue weighted by atomic mass is 9.96. The minimum absolute atomic E-state index is 0.0344. The minimum atomic E-state index is -0.0344. The summed E-state index contributed by atoms with van der Waals surface area (Å²) in [7, 11) is 1.95. The highest BCUT2D eigenvalue weighted by atomic mass is 79.9. The van der Waals surface area contributed by atoms with E-state index in [-0.39, 0.29) is 5.83 Å². The summed E-state index contributed by atoms with van der Waals surface area (Å²) in [6.45, 7) is 5.07. The lowest BCUT2D eigenvalue weighted by Gasteiger charge is -2.13. The summed E-state index contributed by atoms with van der Waals surface area (Å²) in [4.78, 5) is 0. The number of allylic oxidation sites excluding steroid dienone is 4. The SMILES string of the molecule is C/C=C(Br)\C=C(\F)CCC(CC)CCNC. The highest BCUT2D eigenvalue weighted by Crippen LogP contribution is 2.21. The Hall–Kier alpha value is -0.150. The van der Waals surface area contributed by atoms with E-state index in [0.717, 1.165) is 30.3 Å². The fraction of sp³-hybridized carbons (Fsp3) is 0.692. The molecule has 0 aromatic rings. The number of nitrogens with one attached hydrogen (secondary N) is 1. The van der Waals surface area contributed by atoms with E-state index in [0.29, 0.717) is 12.3 Å². The monoisotopic (exact) mass is 291 g/mol. The van der Waals surface area contributed by atoms with Crippen molar-refractivity contribution in [3.05, 3.63) is 22.5 Å². The molecule has 0 spiro atoms. The van der Waals surface area contributed by atoms with Gasteiger partial charge in [0.1, 0.15) is 5.83 Å². The zero-order valence-electron chi connectivity index (χ0n) is 10.5. The molecule has 0 heterocycles. The lowest BCUT2D eigenvalue weighted by molar-refractivity contribution is 0.412. The van der Waals surface area contributed by atoms with Crippen molar-refractivity contribution in [3.8, 4) is 0 Å². The van der Waals surface area contributed by atoms with Crippen molar-refractivity contribution in [2.45, 2.75) is 39.5 Å². The molecule has 0 amide bonds. The van der Waals surface area contributed by atoms with E-state index >= 15 is 0 Å². The third-order valence-electron chi connectivity index (χ3n) is 2.74. The van der Waals surface area contributed by atoms with Crippen LogP contribution in [0.3, 0.4) is 0 Å². The van der Waals surface area contributed by atoms with Gasteiger partial charge >= 0.3 is 0 Å². The average Bonchev–Trinajstić information content (AvgIpc) is 2.29. The molecule has 1 unspecified atom stereocenters. The fourth-order valence-electron chi connectivity index (χ4n) is 1.55.